The standard InChI is InChI=1S/C23H30ClN3O5S/c1-6-20(23(29)25-3)26(14-17-7-10-19(32-4)11-8-17)22(28)15-27(33(5,30)31)21-12-9-18(24)13-16(21)2/h7-13,20H,6,14-15H2,1-5H3,(H,25,29)/t20-/m0/s1. The number of nitrogens with one attached hydrogen (secondary N) is 1. The molecule has 0 saturated heterocycles. The van der Waals surface area contributed by atoms with Crippen molar-refractivity contribution in [2.45, 2.75) is 32.9 Å². The number of halogens is 1. The predicted octanol–water partition coefficient (Wildman–Crippen LogP) is 2.98. The number of amides is 2. The molecule has 0 aromatic heterocycles. The maximum Gasteiger partial charge on any atom is 0.244 e. The molecule has 10 heteroatoms. The topological polar surface area (TPSA) is 96.0 Å². The maximum absolute atomic E-state index is 13.5. The number of ether oxygens (including phenoxy) is 1. The number of nitrogens with zero attached hydrogens (tertiary/aromatic N) is 2. The Morgan fingerprint density at radius 2 is 1.79 bits per heavy atom. The van der Waals surface area contributed by atoms with Gasteiger partial charge in [-0.3, -0.25) is 13.9 Å². The Kier molecular flexibility index (Phi) is 9.13. The Balaban J connectivity index is 2.44. The minimum Gasteiger partial charge on any atom is -0.497 e. The number of likely N-dealkylation sites (N-methyl/N-ethyl adjacent to an activating group) is 1. The smallest absolute Gasteiger partial charge is 0.244 e. The lowest BCUT2D eigenvalue weighted by atomic mass is 10.1. The fraction of sp³-hybridized carbons (Fsp3) is 0.391. The van der Waals surface area contributed by atoms with Gasteiger partial charge >= 0.3 is 0 Å². The normalized spacial score (nSPS) is 12.1. The third kappa shape index (κ3) is 6.85. The summed E-state index contributed by atoms with van der Waals surface area (Å²) in [5.74, 6) is -0.162. The van der Waals surface area contributed by atoms with Gasteiger partial charge in [-0.25, -0.2) is 8.42 Å². The highest BCUT2D eigenvalue weighted by Gasteiger charge is 2.31. The zero-order valence-corrected chi connectivity index (χ0v) is 21.0. The van der Waals surface area contributed by atoms with E-state index < -0.39 is 28.5 Å². The molecule has 0 heterocycles. The van der Waals surface area contributed by atoms with Crippen molar-refractivity contribution >= 4 is 39.1 Å². The first-order valence-electron chi connectivity index (χ1n) is 10.4. The average molecular weight is 496 g/mol. The largest absolute Gasteiger partial charge is 0.497 e. The van der Waals surface area contributed by atoms with Gasteiger partial charge in [0.15, 0.2) is 0 Å². The lowest BCUT2D eigenvalue weighted by molar-refractivity contribution is -0.140. The van der Waals surface area contributed by atoms with Crippen molar-refractivity contribution < 1.29 is 22.7 Å². The molecule has 0 bridgehead atoms. The van der Waals surface area contributed by atoms with Crippen molar-refractivity contribution in [3.63, 3.8) is 0 Å². The summed E-state index contributed by atoms with van der Waals surface area (Å²) >= 11 is 6.02. The van der Waals surface area contributed by atoms with E-state index in [2.05, 4.69) is 5.32 Å². The molecule has 2 aromatic carbocycles. The molecule has 0 spiro atoms. The van der Waals surface area contributed by atoms with E-state index in [0.29, 0.717) is 28.4 Å². The highest BCUT2D eigenvalue weighted by atomic mass is 35.5. The number of hydrogen-bond acceptors (Lipinski definition) is 5. The molecular weight excluding hydrogens is 466 g/mol. The van der Waals surface area contributed by atoms with Crippen LogP contribution >= 0.6 is 11.6 Å². The van der Waals surface area contributed by atoms with Gasteiger partial charge in [-0.15, -0.1) is 0 Å². The van der Waals surface area contributed by atoms with Crippen LogP contribution in [0, 0.1) is 6.92 Å². The molecule has 0 fully saturated rings. The van der Waals surface area contributed by atoms with Gasteiger partial charge in [0.05, 0.1) is 19.1 Å². The van der Waals surface area contributed by atoms with Crippen LogP contribution in [0.5, 0.6) is 5.75 Å². The SMILES string of the molecule is CC[C@@H](C(=O)NC)N(Cc1ccc(OC)cc1)C(=O)CN(c1ccc(Cl)cc1C)S(C)(=O)=O. The van der Waals surface area contributed by atoms with E-state index in [-0.39, 0.29) is 12.5 Å². The van der Waals surface area contributed by atoms with Crippen LogP contribution in [0.4, 0.5) is 5.69 Å². The monoisotopic (exact) mass is 495 g/mol. The van der Waals surface area contributed by atoms with Crippen LogP contribution in [0.3, 0.4) is 0 Å². The van der Waals surface area contributed by atoms with Gasteiger partial charge in [0.25, 0.3) is 0 Å². The Morgan fingerprint density at radius 3 is 2.27 bits per heavy atom. The summed E-state index contributed by atoms with van der Waals surface area (Å²) in [6.45, 7) is 3.20. The Labute approximate surface area is 200 Å². The van der Waals surface area contributed by atoms with Gasteiger partial charge in [0, 0.05) is 18.6 Å². The second-order valence-electron chi connectivity index (χ2n) is 7.61. The van der Waals surface area contributed by atoms with Gasteiger partial charge < -0.3 is 15.0 Å². The van der Waals surface area contributed by atoms with E-state index in [1.807, 2.05) is 0 Å². The molecule has 8 nitrogen and oxygen atoms in total. The zero-order valence-electron chi connectivity index (χ0n) is 19.5. The average Bonchev–Trinajstić information content (AvgIpc) is 2.77. The van der Waals surface area contributed by atoms with E-state index in [1.54, 1.807) is 63.4 Å². The fourth-order valence-corrected chi connectivity index (χ4v) is 4.64. The molecule has 0 aliphatic heterocycles. The van der Waals surface area contributed by atoms with E-state index in [4.69, 9.17) is 16.3 Å². The third-order valence-electron chi connectivity index (χ3n) is 5.25. The summed E-state index contributed by atoms with van der Waals surface area (Å²) in [7, 11) is -0.738. The Morgan fingerprint density at radius 1 is 1.15 bits per heavy atom. The minimum atomic E-state index is -3.80. The number of anilines is 1. The Hall–Kier alpha value is -2.78. The van der Waals surface area contributed by atoms with Gasteiger partial charge in [0.1, 0.15) is 18.3 Å². The first kappa shape index (κ1) is 26.5. The first-order chi connectivity index (χ1) is 15.5. The summed E-state index contributed by atoms with van der Waals surface area (Å²) in [6.07, 6.45) is 1.40. The molecular formula is C23H30ClN3O5S. The summed E-state index contributed by atoms with van der Waals surface area (Å²) < 4.78 is 31.4. The number of hydrogen-bond donors (Lipinski definition) is 1. The second-order valence-corrected chi connectivity index (χ2v) is 9.95. The molecule has 1 N–H and O–H groups in total. The van der Waals surface area contributed by atoms with Crippen molar-refractivity contribution in [1.82, 2.24) is 10.2 Å². The second kappa shape index (κ2) is 11.4. The maximum atomic E-state index is 13.5. The molecule has 0 unspecified atom stereocenters. The third-order valence-corrected chi connectivity index (χ3v) is 6.61. The number of rotatable bonds is 10. The number of carbonyl (C=O) groups excluding carboxylic acids is 2. The quantitative estimate of drug-likeness (QED) is 0.546. The van der Waals surface area contributed by atoms with Crippen LogP contribution in [0.1, 0.15) is 24.5 Å². The summed E-state index contributed by atoms with van der Waals surface area (Å²) in [4.78, 5) is 27.4. The van der Waals surface area contributed by atoms with Crippen LogP contribution in [0.25, 0.3) is 0 Å². The summed E-state index contributed by atoms with van der Waals surface area (Å²) in [5, 5.41) is 3.05. The van der Waals surface area contributed by atoms with E-state index in [1.165, 1.54) is 11.9 Å². The summed E-state index contributed by atoms with van der Waals surface area (Å²) in [6, 6.07) is 11.1. The number of aryl methyl sites for hydroxylation is 1. The number of methoxy groups -OCH3 is 1. The van der Waals surface area contributed by atoms with Crippen molar-refractivity contribution in [3.05, 3.63) is 58.6 Å². The Bertz CT molecular complexity index is 1090. The molecule has 2 rings (SSSR count). The molecule has 0 radical (unpaired) electrons. The van der Waals surface area contributed by atoms with E-state index in [9.17, 15) is 18.0 Å². The van der Waals surface area contributed by atoms with E-state index in [0.717, 1.165) is 16.1 Å². The van der Waals surface area contributed by atoms with E-state index >= 15 is 0 Å². The molecule has 2 amide bonds. The molecule has 1 atom stereocenters. The molecule has 2 aromatic rings. The lowest BCUT2D eigenvalue weighted by Gasteiger charge is -2.33. The molecule has 0 aliphatic carbocycles. The van der Waals surface area contributed by atoms with Crippen molar-refractivity contribution in [2.75, 3.05) is 31.3 Å². The van der Waals surface area contributed by atoms with Crippen molar-refractivity contribution in [2.24, 2.45) is 0 Å². The minimum absolute atomic E-state index is 0.131. The number of benzene rings is 2. The van der Waals surface area contributed by atoms with Gasteiger partial charge in [-0.2, -0.15) is 0 Å². The number of sulfonamides is 1. The fourth-order valence-electron chi connectivity index (χ4n) is 3.51. The highest BCUT2D eigenvalue weighted by Crippen LogP contribution is 2.26. The highest BCUT2D eigenvalue weighted by molar-refractivity contribution is 7.92. The van der Waals surface area contributed by atoms with Gasteiger partial charge in [-0.1, -0.05) is 30.7 Å². The van der Waals surface area contributed by atoms with Crippen LogP contribution < -0.4 is 14.4 Å². The van der Waals surface area contributed by atoms with Crippen molar-refractivity contribution in [3.8, 4) is 5.75 Å². The van der Waals surface area contributed by atoms with Crippen LogP contribution in [0.2, 0.25) is 5.02 Å². The summed E-state index contributed by atoms with van der Waals surface area (Å²) in [5.41, 5.74) is 1.74. The van der Waals surface area contributed by atoms with Crippen molar-refractivity contribution in [1.29, 1.82) is 0 Å². The molecule has 0 aliphatic rings. The van der Waals surface area contributed by atoms with Gasteiger partial charge in [-0.05, 0) is 54.8 Å². The molecule has 0 saturated carbocycles. The van der Waals surface area contributed by atoms with Crippen LogP contribution in [-0.4, -0.2) is 58.1 Å². The molecule has 180 valence electrons. The number of carbonyl (C=O) groups is 2. The molecule has 33 heavy (non-hydrogen) atoms. The van der Waals surface area contributed by atoms with Crippen LogP contribution in [-0.2, 0) is 26.2 Å². The van der Waals surface area contributed by atoms with Crippen LogP contribution in [0.15, 0.2) is 42.5 Å². The predicted molar refractivity (Wildman–Crippen MR) is 130 cm³/mol. The lowest BCUT2D eigenvalue weighted by Crippen LogP contribution is -2.51. The zero-order chi connectivity index (χ0) is 24.8. The first-order valence-corrected chi connectivity index (χ1v) is 12.6. The van der Waals surface area contributed by atoms with Gasteiger partial charge in [0.2, 0.25) is 21.8 Å².